The minimum absolute atomic E-state index is 0.106. The minimum atomic E-state index is -0.106. The molecule has 1 aliphatic heterocycles. The van der Waals surface area contributed by atoms with Crippen LogP contribution in [-0.2, 0) is 12.8 Å². The smallest absolute Gasteiger partial charge is 0.257 e. The number of hydrogen-bond acceptors (Lipinski definition) is 4. The Morgan fingerprint density at radius 1 is 0.571 bits per heavy atom. The monoisotopic (exact) mass is 690 g/mol. The summed E-state index contributed by atoms with van der Waals surface area (Å²) in [6.45, 7) is 2.65. The van der Waals surface area contributed by atoms with Gasteiger partial charge in [-0.2, -0.15) is 0 Å². The van der Waals surface area contributed by atoms with E-state index in [4.69, 9.17) is 9.47 Å². The molecular weight excluding hydrogens is 660 g/mol. The van der Waals surface area contributed by atoms with Crippen LogP contribution < -0.4 is 9.47 Å². The van der Waals surface area contributed by atoms with Gasteiger partial charge in [0.15, 0.2) is 0 Å². The molecule has 2 amide bonds. The first-order chi connectivity index (χ1) is 20.5. The number of carbonyl (C=O) groups excluding carboxylic acids is 2. The van der Waals surface area contributed by atoms with Gasteiger partial charge in [-0.25, -0.2) is 0 Å². The molecule has 0 bridgehead atoms. The molecule has 4 aromatic carbocycles. The fourth-order valence-corrected chi connectivity index (χ4v) is 5.61. The van der Waals surface area contributed by atoms with Gasteiger partial charge >= 0.3 is 0 Å². The summed E-state index contributed by atoms with van der Waals surface area (Å²) in [5, 5.41) is 0. The van der Waals surface area contributed by atoms with Gasteiger partial charge in [0.05, 0.1) is 24.3 Å². The summed E-state index contributed by atoms with van der Waals surface area (Å²) in [7, 11) is 0. The molecule has 216 valence electrons. The SMILES string of the molecule is O=C(c1cc(Br)ccc1OCCc1ccccc1)N1CCN(C(=O)c2cc(Br)ccc2OCCc2ccccc2)CC1. The van der Waals surface area contributed by atoms with Crippen LogP contribution in [0, 0.1) is 0 Å². The van der Waals surface area contributed by atoms with E-state index in [-0.39, 0.29) is 11.8 Å². The van der Waals surface area contributed by atoms with E-state index in [0.717, 1.165) is 21.8 Å². The summed E-state index contributed by atoms with van der Waals surface area (Å²) in [5.41, 5.74) is 3.38. The Hall–Kier alpha value is -3.62. The number of nitrogens with zero attached hydrogens (tertiary/aromatic N) is 2. The van der Waals surface area contributed by atoms with Gasteiger partial charge in [0.1, 0.15) is 11.5 Å². The van der Waals surface area contributed by atoms with Crippen LogP contribution in [0.3, 0.4) is 0 Å². The number of carbonyl (C=O) groups is 2. The summed E-state index contributed by atoms with van der Waals surface area (Å²) < 4.78 is 13.7. The summed E-state index contributed by atoms with van der Waals surface area (Å²) >= 11 is 6.99. The van der Waals surface area contributed by atoms with E-state index < -0.39 is 0 Å². The lowest BCUT2D eigenvalue weighted by molar-refractivity contribution is 0.0530. The van der Waals surface area contributed by atoms with E-state index in [1.807, 2.05) is 60.7 Å². The molecule has 4 aromatic rings. The van der Waals surface area contributed by atoms with Crippen LogP contribution >= 0.6 is 31.9 Å². The van der Waals surface area contributed by atoms with Crippen LogP contribution in [0.2, 0.25) is 0 Å². The standard InChI is InChI=1S/C34H32Br2N2O4/c35-27-11-13-31(41-21-15-25-7-3-1-4-8-25)29(23-27)33(39)37-17-19-38(20-18-37)34(40)30-24-28(36)12-14-32(30)42-22-16-26-9-5-2-6-10-26/h1-14,23-24H,15-22H2. The number of benzene rings is 4. The van der Waals surface area contributed by atoms with Crippen LogP contribution in [-0.4, -0.2) is 61.0 Å². The third kappa shape index (κ3) is 7.81. The van der Waals surface area contributed by atoms with Crippen molar-refractivity contribution < 1.29 is 19.1 Å². The first kappa shape index (κ1) is 29.9. The molecule has 0 unspecified atom stereocenters. The molecule has 1 heterocycles. The maximum atomic E-state index is 13.6. The van der Waals surface area contributed by atoms with Crippen molar-refractivity contribution in [3.8, 4) is 11.5 Å². The molecule has 0 aromatic heterocycles. The predicted molar refractivity (Wildman–Crippen MR) is 171 cm³/mol. The predicted octanol–water partition coefficient (Wildman–Crippen LogP) is 7.05. The maximum absolute atomic E-state index is 13.6. The van der Waals surface area contributed by atoms with Crippen molar-refractivity contribution in [2.45, 2.75) is 12.8 Å². The topological polar surface area (TPSA) is 59.1 Å². The van der Waals surface area contributed by atoms with Gasteiger partial charge < -0.3 is 19.3 Å². The summed E-state index contributed by atoms with van der Waals surface area (Å²) in [6.07, 6.45) is 1.50. The summed E-state index contributed by atoms with van der Waals surface area (Å²) in [5.74, 6) is 0.907. The Balaban J connectivity index is 1.20. The Bertz CT molecular complexity index is 1390. The summed E-state index contributed by atoms with van der Waals surface area (Å²) in [6, 6.07) is 31.3. The lowest BCUT2D eigenvalue weighted by atomic mass is 10.1. The quantitative estimate of drug-likeness (QED) is 0.179. The van der Waals surface area contributed by atoms with Crippen molar-refractivity contribution in [3.05, 3.63) is 128 Å². The van der Waals surface area contributed by atoms with E-state index in [1.165, 1.54) is 11.1 Å². The van der Waals surface area contributed by atoms with E-state index >= 15 is 0 Å². The lowest BCUT2D eigenvalue weighted by Gasteiger charge is -2.35. The van der Waals surface area contributed by atoms with Crippen molar-refractivity contribution in [1.82, 2.24) is 9.80 Å². The second kappa shape index (κ2) is 14.5. The number of hydrogen-bond donors (Lipinski definition) is 0. The first-order valence-corrected chi connectivity index (χ1v) is 15.6. The van der Waals surface area contributed by atoms with E-state index in [2.05, 4.69) is 56.1 Å². The highest BCUT2D eigenvalue weighted by atomic mass is 79.9. The molecule has 5 rings (SSSR count). The van der Waals surface area contributed by atoms with Crippen LogP contribution in [0.15, 0.2) is 106 Å². The normalized spacial score (nSPS) is 13.1. The van der Waals surface area contributed by atoms with Crippen LogP contribution in [0.4, 0.5) is 0 Å². The van der Waals surface area contributed by atoms with Crippen molar-refractivity contribution in [2.24, 2.45) is 0 Å². The van der Waals surface area contributed by atoms with Crippen LogP contribution in [0.5, 0.6) is 11.5 Å². The molecule has 0 saturated carbocycles. The maximum Gasteiger partial charge on any atom is 0.257 e. The molecular formula is C34H32Br2N2O4. The van der Waals surface area contributed by atoms with Crippen LogP contribution in [0.1, 0.15) is 31.8 Å². The Kier molecular flexibility index (Phi) is 10.3. The fraction of sp³-hybridized carbons (Fsp3) is 0.235. The van der Waals surface area contributed by atoms with Gasteiger partial charge in [-0.15, -0.1) is 0 Å². The van der Waals surface area contributed by atoms with Gasteiger partial charge in [0, 0.05) is 48.0 Å². The molecule has 8 heteroatoms. The van der Waals surface area contributed by atoms with Crippen molar-refractivity contribution in [2.75, 3.05) is 39.4 Å². The highest BCUT2D eigenvalue weighted by Crippen LogP contribution is 2.28. The Morgan fingerprint density at radius 2 is 0.952 bits per heavy atom. The molecule has 1 fully saturated rings. The molecule has 0 N–H and O–H groups in total. The third-order valence-corrected chi connectivity index (χ3v) is 8.17. The van der Waals surface area contributed by atoms with Crippen molar-refractivity contribution in [3.63, 3.8) is 0 Å². The number of halogens is 2. The van der Waals surface area contributed by atoms with E-state index in [1.54, 1.807) is 21.9 Å². The zero-order chi connectivity index (χ0) is 29.3. The Morgan fingerprint density at radius 3 is 1.33 bits per heavy atom. The van der Waals surface area contributed by atoms with Gasteiger partial charge in [0.25, 0.3) is 11.8 Å². The van der Waals surface area contributed by atoms with Gasteiger partial charge in [0.2, 0.25) is 0 Å². The molecule has 1 aliphatic rings. The molecule has 0 atom stereocenters. The number of piperazine rings is 1. The Labute approximate surface area is 263 Å². The van der Waals surface area contributed by atoms with Crippen molar-refractivity contribution >= 4 is 43.7 Å². The second-order valence-electron chi connectivity index (χ2n) is 10.0. The zero-order valence-electron chi connectivity index (χ0n) is 23.2. The number of rotatable bonds is 10. The average Bonchev–Trinajstić information content (AvgIpc) is 3.03. The van der Waals surface area contributed by atoms with Gasteiger partial charge in [-0.05, 0) is 47.5 Å². The molecule has 0 aliphatic carbocycles. The molecule has 42 heavy (non-hydrogen) atoms. The fourth-order valence-electron chi connectivity index (χ4n) is 4.89. The number of ether oxygens (including phenoxy) is 2. The minimum Gasteiger partial charge on any atom is -0.492 e. The lowest BCUT2D eigenvalue weighted by Crippen LogP contribution is -2.50. The van der Waals surface area contributed by atoms with Gasteiger partial charge in [-0.3, -0.25) is 9.59 Å². The molecule has 1 saturated heterocycles. The van der Waals surface area contributed by atoms with E-state index in [9.17, 15) is 9.59 Å². The highest BCUT2D eigenvalue weighted by Gasteiger charge is 2.28. The number of amides is 2. The van der Waals surface area contributed by atoms with Crippen LogP contribution in [0.25, 0.3) is 0 Å². The third-order valence-electron chi connectivity index (χ3n) is 7.18. The molecule has 0 radical (unpaired) electrons. The highest BCUT2D eigenvalue weighted by molar-refractivity contribution is 9.10. The van der Waals surface area contributed by atoms with E-state index in [0.29, 0.717) is 62.0 Å². The second-order valence-corrected chi connectivity index (χ2v) is 11.9. The molecule has 6 nitrogen and oxygen atoms in total. The molecule has 0 spiro atoms. The largest absolute Gasteiger partial charge is 0.492 e. The zero-order valence-corrected chi connectivity index (χ0v) is 26.3. The average molecular weight is 692 g/mol. The summed E-state index contributed by atoms with van der Waals surface area (Å²) in [4.78, 5) is 30.7. The van der Waals surface area contributed by atoms with Crippen molar-refractivity contribution in [1.29, 1.82) is 0 Å². The first-order valence-electron chi connectivity index (χ1n) is 14.0. The van der Waals surface area contributed by atoms with Gasteiger partial charge in [-0.1, -0.05) is 92.5 Å².